The molecule has 10 nitrogen and oxygen atoms in total. The van der Waals surface area contributed by atoms with Crippen LogP contribution in [0.1, 0.15) is 25.7 Å². The van der Waals surface area contributed by atoms with Gasteiger partial charge in [0.05, 0.1) is 0 Å². The molecule has 0 aromatic heterocycles. The molecule has 86 valence electrons. The zero-order valence-corrected chi connectivity index (χ0v) is 8.14. The van der Waals surface area contributed by atoms with E-state index in [1.165, 1.54) is 0 Å². The van der Waals surface area contributed by atoms with Gasteiger partial charge in [-0.25, -0.2) is 0 Å². The number of nitrogens with zero attached hydrogens (tertiary/aromatic N) is 6. The molecule has 0 rings (SSSR count). The Bertz CT molecular complexity index is 309. The first-order chi connectivity index (χ1) is 7.70. The minimum Gasteiger partial charge on any atom is -0.359 e. The molecule has 0 aromatic rings. The average molecular weight is 228 g/mol. The van der Waals surface area contributed by atoms with Gasteiger partial charge in [-0.1, -0.05) is 0 Å². The molecule has 0 saturated heterocycles. The fourth-order valence-corrected chi connectivity index (χ4v) is 0.758. The molecule has 0 aromatic carbocycles. The van der Waals surface area contributed by atoms with Crippen LogP contribution in [0.2, 0.25) is 0 Å². The normalized spacial score (nSPS) is 8.25. The Kier molecular flexibility index (Phi) is 7.74. The molecule has 0 atom stereocenters. The van der Waals surface area contributed by atoms with E-state index in [1.54, 1.807) is 0 Å². The van der Waals surface area contributed by atoms with Crippen molar-refractivity contribution < 1.29 is 19.3 Å². The summed E-state index contributed by atoms with van der Waals surface area (Å²) >= 11 is 0. The van der Waals surface area contributed by atoms with E-state index < -0.39 is 11.9 Å². The summed E-state index contributed by atoms with van der Waals surface area (Å²) in [7, 11) is 0. The Hall–Kier alpha value is -2.44. The lowest BCUT2D eigenvalue weighted by atomic mass is 10.2. The van der Waals surface area contributed by atoms with Gasteiger partial charge in [-0.2, -0.15) is 0 Å². The molecule has 0 spiro atoms. The van der Waals surface area contributed by atoms with E-state index in [0.29, 0.717) is 12.8 Å². The van der Waals surface area contributed by atoms with Gasteiger partial charge in [-0.3, -0.25) is 9.59 Å². The zero-order chi connectivity index (χ0) is 12.2. The molecule has 0 fully saturated rings. The molecule has 0 aliphatic rings. The largest absolute Gasteiger partial charge is 0.359 e. The molecule has 0 bridgehead atoms. The van der Waals surface area contributed by atoms with Crippen molar-refractivity contribution in [3.63, 3.8) is 0 Å². The number of carbonyl (C=O) groups is 2. The summed E-state index contributed by atoms with van der Waals surface area (Å²) in [4.78, 5) is 34.1. The maximum absolute atomic E-state index is 10.7. The Labute approximate surface area is 89.3 Å². The maximum atomic E-state index is 10.7. The molecule has 0 aliphatic heterocycles. The van der Waals surface area contributed by atoms with Crippen LogP contribution < -0.4 is 0 Å². The van der Waals surface area contributed by atoms with Gasteiger partial charge in [0.2, 0.25) is 0 Å². The van der Waals surface area contributed by atoms with Crippen molar-refractivity contribution in [1.29, 1.82) is 0 Å². The second kappa shape index (κ2) is 9.13. The standard InChI is InChI=1S/C6H8N6O4/c7-9-11-15-5(13)3-1-2-4-6(14)16-12-10-8/h1-4H2. The van der Waals surface area contributed by atoms with Crippen molar-refractivity contribution in [2.45, 2.75) is 25.7 Å². The number of carbonyl (C=O) groups excluding carboxylic acids is 2. The topological polar surface area (TPSA) is 150 Å². The van der Waals surface area contributed by atoms with E-state index >= 15 is 0 Å². The fourth-order valence-electron chi connectivity index (χ4n) is 0.758. The molecular weight excluding hydrogens is 220 g/mol. The summed E-state index contributed by atoms with van der Waals surface area (Å²) in [6.45, 7) is 0. The van der Waals surface area contributed by atoms with E-state index in [2.05, 4.69) is 30.1 Å². The quantitative estimate of drug-likeness (QED) is 0.215. The average Bonchev–Trinajstić information content (AvgIpc) is 2.29. The minimum absolute atomic E-state index is 0.0216. The first-order valence-electron chi connectivity index (χ1n) is 4.19. The van der Waals surface area contributed by atoms with E-state index in [1.807, 2.05) is 0 Å². The lowest BCUT2D eigenvalue weighted by Crippen LogP contribution is -2.01. The zero-order valence-electron chi connectivity index (χ0n) is 8.14. The summed E-state index contributed by atoms with van der Waals surface area (Å²) in [6.07, 6.45) is 0.776. The van der Waals surface area contributed by atoms with Crippen LogP contribution in [0.25, 0.3) is 20.9 Å². The molecule has 16 heavy (non-hydrogen) atoms. The lowest BCUT2D eigenvalue weighted by Gasteiger charge is -1.97. The molecule has 0 amide bonds. The third-order valence-electron chi connectivity index (χ3n) is 1.37. The highest BCUT2D eigenvalue weighted by molar-refractivity contribution is 5.70. The van der Waals surface area contributed by atoms with E-state index in [4.69, 9.17) is 11.1 Å². The Balaban J connectivity index is 3.52. The van der Waals surface area contributed by atoms with Gasteiger partial charge in [-0.15, -0.1) is 0 Å². The summed E-state index contributed by atoms with van der Waals surface area (Å²) in [6, 6.07) is 0. The molecule has 0 unspecified atom stereocenters. The highest BCUT2D eigenvalue weighted by Gasteiger charge is 2.04. The molecule has 0 radical (unpaired) electrons. The molecule has 0 N–H and O–H groups in total. The van der Waals surface area contributed by atoms with Crippen molar-refractivity contribution in [3.05, 3.63) is 20.9 Å². The maximum Gasteiger partial charge on any atom is 0.317 e. The first-order valence-corrected chi connectivity index (χ1v) is 4.19. The third kappa shape index (κ3) is 8.17. The second-order valence-electron chi connectivity index (χ2n) is 2.48. The Morgan fingerprint density at radius 3 is 1.62 bits per heavy atom. The van der Waals surface area contributed by atoms with Crippen molar-refractivity contribution in [2.24, 2.45) is 10.6 Å². The van der Waals surface area contributed by atoms with Gasteiger partial charge < -0.3 is 9.68 Å². The van der Waals surface area contributed by atoms with Gasteiger partial charge in [0, 0.05) is 22.7 Å². The van der Waals surface area contributed by atoms with Crippen molar-refractivity contribution >= 4 is 11.9 Å². The predicted octanol–water partition coefficient (Wildman–Crippen LogP) is 2.08. The SMILES string of the molecule is [N-]=[N+]=NOC(=O)CCCCC(=O)ON=[N+]=[N-]. The number of azide groups is 2. The van der Waals surface area contributed by atoms with Crippen LogP contribution in [0.3, 0.4) is 0 Å². The molecule has 0 heterocycles. The Morgan fingerprint density at radius 1 is 0.938 bits per heavy atom. The third-order valence-corrected chi connectivity index (χ3v) is 1.37. The van der Waals surface area contributed by atoms with Crippen molar-refractivity contribution in [2.75, 3.05) is 0 Å². The van der Waals surface area contributed by atoms with Crippen LogP contribution in [0.4, 0.5) is 0 Å². The number of unbranched alkanes of at least 4 members (excludes halogenated alkanes) is 1. The smallest absolute Gasteiger partial charge is 0.317 e. The second-order valence-corrected chi connectivity index (χ2v) is 2.48. The lowest BCUT2D eigenvalue weighted by molar-refractivity contribution is -0.146. The highest BCUT2D eigenvalue weighted by atomic mass is 16.7. The van der Waals surface area contributed by atoms with E-state index in [0.717, 1.165) is 0 Å². The van der Waals surface area contributed by atoms with E-state index in [9.17, 15) is 9.59 Å². The van der Waals surface area contributed by atoms with Crippen molar-refractivity contribution in [3.8, 4) is 0 Å². The van der Waals surface area contributed by atoms with Crippen LogP contribution in [-0.4, -0.2) is 11.9 Å². The highest BCUT2D eigenvalue weighted by Crippen LogP contribution is 2.03. The van der Waals surface area contributed by atoms with Gasteiger partial charge in [0.25, 0.3) is 0 Å². The van der Waals surface area contributed by atoms with Crippen molar-refractivity contribution in [1.82, 2.24) is 0 Å². The monoisotopic (exact) mass is 228 g/mol. The van der Waals surface area contributed by atoms with Crippen LogP contribution in [0.15, 0.2) is 10.6 Å². The summed E-state index contributed by atoms with van der Waals surface area (Å²) in [5, 5.41) is 5.22. The summed E-state index contributed by atoms with van der Waals surface area (Å²) in [5.41, 5.74) is 15.6. The number of hydrogen-bond acceptors (Lipinski definition) is 6. The first kappa shape index (κ1) is 13.6. The molecule has 0 aliphatic carbocycles. The van der Waals surface area contributed by atoms with Gasteiger partial charge in [-0.05, 0) is 23.9 Å². The van der Waals surface area contributed by atoms with Crippen LogP contribution in [0, 0.1) is 0 Å². The molecule has 10 heteroatoms. The van der Waals surface area contributed by atoms with Gasteiger partial charge >= 0.3 is 11.9 Å². The summed E-state index contributed by atoms with van der Waals surface area (Å²) < 4.78 is 0. The minimum atomic E-state index is -0.679. The van der Waals surface area contributed by atoms with Gasteiger partial charge in [0.15, 0.2) is 0 Å². The molecular formula is C6H8N6O4. The van der Waals surface area contributed by atoms with Crippen LogP contribution >= 0.6 is 0 Å². The van der Waals surface area contributed by atoms with Gasteiger partial charge in [0.1, 0.15) is 10.6 Å². The molecule has 0 saturated carbocycles. The predicted molar refractivity (Wildman–Crippen MR) is 48.9 cm³/mol. The van der Waals surface area contributed by atoms with E-state index in [-0.39, 0.29) is 12.8 Å². The fraction of sp³-hybridized carbons (Fsp3) is 0.667. The Morgan fingerprint density at radius 2 is 1.31 bits per heavy atom. The van der Waals surface area contributed by atoms with Crippen LogP contribution in [-0.2, 0) is 19.3 Å². The summed E-state index contributed by atoms with van der Waals surface area (Å²) in [5.74, 6) is -1.36. The van der Waals surface area contributed by atoms with Crippen LogP contribution in [0.5, 0.6) is 0 Å². The number of hydrogen-bond donors (Lipinski definition) is 0. The number of rotatable bonds is 7.